The molecule has 0 radical (unpaired) electrons. The van der Waals surface area contributed by atoms with E-state index < -0.39 is 0 Å². The van der Waals surface area contributed by atoms with Crippen LogP contribution in [0.3, 0.4) is 0 Å². The van der Waals surface area contributed by atoms with Gasteiger partial charge in [0, 0.05) is 5.56 Å². The molecular formula is C5H2BrN. The number of aromatic nitrogens is 1. The quantitative estimate of drug-likeness (QED) is 0.530. The van der Waals surface area contributed by atoms with E-state index in [2.05, 4.69) is 20.9 Å². The molecule has 0 fully saturated rings. The van der Waals surface area contributed by atoms with Crippen molar-refractivity contribution in [1.82, 2.24) is 4.98 Å². The monoisotopic (exact) mass is 155 g/mol. The fourth-order valence-electron chi connectivity index (χ4n) is 0.599. The summed E-state index contributed by atoms with van der Waals surface area (Å²) >= 11 is 3.24. The third-order valence-corrected chi connectivity index (χ3v) is 1.41. The van der Waals surface area contributed by atoms with Gasteiger partial charge in [-0.05, 0) is 28.1 Å². The number of halogens is 1. The molecule has 1 aliphatic heterocycles. The summed E-state index contributed by atoms with van der Waals surface area (Å²) in [5.41, 5.74) is 2.43. The first kappa shape index (κ1) is 3.61. The van der Waals surface area contributed by atoms with E-state index >= 15 is 0 Å². The van der Waals surface area contributed by atoms with Crippen molar-refractivity contribution in [1.29, 1.82) is 0 Å². The molecule has 0 bridgehead atoms. The van der Waals surface area contributed by atoms with E-state index in [1.807, 2.05) is 12.1 Å². The number of rotatable bonds is 0. The van der Waals surface area contributed by atoms with Crippen LogP contribution in [0.4, 0.5) is 0 Å². The number of nitrogens with zero attached hydrogens (tertiary/aromatic N) is 1. The molecule has 1 heterocycles. The summed E-state index contributed by atoms with van der Waals surface area (Å²) in [4.78, 5) is 4.06. The highest BCUT2D eigenvalue weighted by Crippen LogP contribution is 2.34. The minimum absolute atomic E-state index is 0.958. The van der Waals surface area contributed by atoms with E-state index in [1.165, 1.54) is 5.56 Å². The lowest BCUT2D eigenvalue weighted by atomic mass is 10.6. The van der Waals surface area contributed by atoms with Crippen molar-refractivity contribution in [2.75, 3.05) is 0 Å². The van der Waals surface area contributed by atoms with Crippen LogP contribution < -0.4 is 0 Å². The molecule has 1 aliphatic carbocycles. The van der Waals surface area contributed by atoms with Crippen LogP contribution >= 0.6 is 15.9 Å². The van der Waals surface area contributed by atoms with Gasteiger partial charge in [-0.15, -0.1) is 0 Å². The van der Waals surface area contributed by atoms with Crippen molar-refractivity contribution in [3.05, 3.63) is 16.7 Å². The van der Waals surface area contributed by atoms with Crippen LogP contribution in [0, 0.1) is 0 Å². The van der Waals surface area contributed by atoms with Crippen LogP contribution in [0.5, 0.6) is 0 Å². The second-order valence-corrected chi connectivity index (χ2v) is 2.38. The topological polar surface area (TPSA) is 12.9 Å². The van der Waals surface area contributed by atoms with Gasteiger partial charge in [-0.1, -0.05) is 0 Å². The Hall–Kier alpha value is -0.370. The second kappa shape index (κ2) is 0.892. The number of fused-ring (bicyclic) bond motifs is 1. The largest absolute Gasteiger partial charge is 0.241 e. The summed E-state index contributed by atoms with van der Waals surface area (Å²) < 4.78 is 0.958. The van der Waals surface area contributed by atoms with Crippen LogP contribution in [0.1, 0.15) is 0 Å². The molecule has 2 heteroatoms. The van der Waals surface area contributed by atoms with E-state index in [1.54, 1.807) is 0 Å². The minimum atomic E-state index is 0.958. The molecule has 0 aromatic heterocycles. The smallest absolute Gasteiger partial charge is 0.107 e. The molecule has 0 atom stereocenters. The van der Waals surface area contributed by atoms with Crippen LogP contribution in [-0.2, 0) is 0 Å². The van der Waals surface area contributed by atoms with Crippen molar-refractivity contribution in [2.24, 2.45) is 0 Å². The fraction of sp³-hybridized carbons (Fsp3) is 0. The first-order chi connectivity index (χ1) is 3.36. The van der Waals surface area contributed by atoms with Gasteiger partial charge in [0.05, 0.1) is 5.69 Å². The average Bonchev–Trinajstić information content (AvgIpc) is 2.15. The van der Waals surface area contributed by atoms with Gasteiger partial charge >= 0.3 is 0 Å². The summed E-state index contributed by atoms with van der Waals surface area (Å²) in [7, 11) is 0. The van der Waals surface area contributed by atoms with Gasteiger partial charge < -0.3 is 0 Å². The fourth-order valence-corrected chi connectivity index (χ4v) is 1.04. The summed E-state index contributed by atoms with van der Waals surface area (Å²) in [6, 6.07) is 4.06. The van der Waals surface area contributed by atoms with Crippen LogP contribution in [0.15, 0.2) is 16.7 Å². The van der Waals surface area contributed by atoms with Crippen LogP contribution in [0.2, 0.25) is 0 Å². The molecule has 2 rings (SSSR count). The molecule has 7 heavy (non-hydrogen) atoms. The number of hydrogen-bond acceptors (Lipinski definition) is 1. The zero-order chi connectivity index (χ0) is 4.85. The van der Waals surface area contributed by atoms with Crippen molar-refractivity contribution in [3.63, 3.8) is 0 Å². The van der Waals surface area contributed by atoms with E-state index in [0.717, 1.165) is 10.3 Å². The second-order valence-electron chi connectivity index (χ2n) is 1.56. The highest BCUT2D eigenvalue weighted by Gasteiger charge is 2.13. The molecule has 0 aromatic rings. The SMILES string of the molecule is Brc1cc2cc-2n1. The predicted octanol–water partition coefficient (Wildman–Crippen LogP) is 1.82. The lowest BCUT2D eigenvalue weighted by molar-refractivity contribution is 1.39. The Balaban J connectivity index is 2.74. The molecule has 34 valence electrons. The van der Waals surface area contributed by atoms with Crippen molar-refractivity contribution in [3.8, 4) is 11.3 Å². The molecule has 0 N–H and O–H groups in total. The Kier molecular flexibility index (Phi) is 0.460. The normalized spacial score (nSPS) is 11.6. The van der Waals surface area contributed by atoms with E-state index in [-0.39, 0.29) is 0 Å². The Morgan fingerprint density at radius 1 is 1.43 bits per heavy atom. The van der Waals surface area contributed by atoms with Gasteiger partial charge in [-0.2, -0.15) is 0 Å². The average molecular weight is 156 g/mol. The zero-order valence-electron chi connectivity index (χ0n) is 3.48. The number of hydrogen-bond donors (Lipinski definition) is 0. The maximum absolute atomic E-state index is 4.06. The molecule has 0 saturated carbocycles. The third kappa shape index (κ3) is 0.399. The summed E-state index contributed by atoms with van der Waals surface area (Å²) in [6.45, 7) is 0. The first-order valence-corrected chi connectivity index (χ1v) is 2.83. The van der Waals surface area contributed by atoms with Crippen molar-refractivity contribution in [2.45, 2.75) is 0 Å². The molecule has 0 aromatic carbocycles. The van der Waals surface area contributed by atoms with E-state index in [4.69, 9.17) is 0 Å². The molecular weight excluding hydrogens is 154 g/mol. The molecule has 1 nitrogen and oxygen atoms in total. The van der Waals surface area contributed by atoms with Crippen LogP contribution in [0.25, 0.3) is 11.3 Å². The van der Waals surface area contributed by atoms with Gasteiger partial charge in [-0.25, -0.2) is 4.98 Å². The lowest BCUT2D eigenvalue weighted by Gasteiger charge is -1.66. The molecule has 0 saturated heterocycles. The van der Waals surface area contributed by atoms with Gasteiger partial charge in [-0.3, -0.25) is 0 Å². The summed E-state index contributed by atoms with van der Waals surface area (Å²) in [5, 5.41) is 0. The first-order valence-electron chi connectivity index (χ1n) is 2.04. The summed E-state index contributed by atoms with van der Waals surface area (Å²) in [5.74, 6) is 0. The van der Waals surface area contributed by atoms with E-state index in [9.17, 15) is 0 Å². The Morgan fingerprint density at radius 3 is 2.57 bits per heavy atom. The summed E-state index contributed by atoms with van der Waals surface area (Å²) in [6.07, 6.45) is 0. The number of pyridine rings is 1. The van der Waals surface area contributed by atoms with Crippen molar-refractivity contribution < 1.29 is 0 Å². The molecule has 0 unspecified atom stereocenters. The van der Waals surface area contributed by atoms with Gasteiger partial charge in [0.25, 0.3) is 0 Å². The highest BCUT2D eigenvalue weighted by atomic mass is 79.9. The van der Waals surface area contributed by atoms with E-state index in [0.29, 0.717) is 0 Å². The molecule has 0 amide bonds. The Morgan fingerprint density at radius 2 is 2.29 bits per heavy atom. The lowest BCUT2D eigenvalue weighted by Crippen LogP contribution is -1.53. The minimum Gasteiger partial charge on any atom is -0.241 e. The van der Waals surface area contributed by atoms with Gasteiger partial charge in [0.15, 0.2) is 0 Å². The standard InChI is InChI=1S/C5H2BrN/c6-5-2-3-1-4(3)7-5/h1-2H. The molecule has 2 aliphatic rings. The highest BCUT2D eigenvalue weighted by molar-refractivity contribution is 9.10. The Labute approximate surface area is 49.5 Å². The van der Waals surface area contributed by atoms with Crippen molar-refractivity contribution >= 4 is 15.9 Å². The third-order valence-electron chi connectivity index (χ3n) is 1.01. The molecule has 0 spiro atoms. The van der Waals surface area contributed by atoms with Gasteiger partial charge in [0.2, 0.25) is 0 Å². The maximum atomic E-state index is 4.06. The zero-order valence-corrected chi connectivity index (χ0v) is 5.07. The Bertz CT molecular complexity index is 199. The maximum Gasteiger partial charge on any atom is 0.107 e. The predicted molar refractivity (Wildman–Crippen MR) is 30.9 cm³/mol. The van der Waals surface area contributed by atoms with Crippen LogP contribution in [-0.4, -0.2) is 4.98 Å². The van der Waals surface area contributed by atoms with Gasteiger partial charge in [0.1, 0.15) is 4.60 Å².